The Kier molecular flexibility index (Phi) is 8.98. The Labute approximate surface area is 156 Å². The summed E-state index contributed by atoms with van der Waals surface area (Å²) in [7, 11) is -1.29. The number of nitrogens with two attached hydrogens (primary N) is 1. The second-order valence-corrected chi connectivity index (χ2v) is 8.07. The van der Waals surface area contributed by atoms with Gasteiger partial charge in [0.2, 0.25) is 17.7 Å². The van der Waals surface area contributed by atoms with Gasteiger partial charge in [-0.3, -0.25) is 18.6 Å². The molecule has 1 aromatic rings. The van der Waals surface area contributed by atoms with Gasteiger partial charge in [-0.15, -0.1) is 0 Å². The van der Waals surface area contributed by atoms with E-state index in [1.54, 1.807) is 24.3 Å². The lowest BCUT2D eigenvalue weighted by Crippen LogP contribution is -2.53. The molecule has 0 heterocycles. The first-order valence-corrected chi connectivity index (χ1v) is 9.82. The van der Waals surface area contributed by atoms with Crippen LogP contribution in [0.4, 0.5) is 0 Å². The summed E-state index contributed by atoms with van der Waals surface area (Å²) < 4.78 is 12.3. The molecule has 0 fully saturated rings. The van der Waals surface area contributed by atoms with Gasteiger partial charge in [-0.1, -0.05) is 32.0 Å². The minimum Gasteiger partial charge on any atom is -0.368 e. The van der Waals surface area contributed by atoms with Gasteiger partial charge >= 0.3 is 0 Å². The van der Waals surface area contributed by atoms with Gasteiger partial charge in [-0.25, -0.2) is 0 Å². The van der Waals surface area contributed by atoms with Crippen molar-refractivity contribution < 1.29 is 18.6 Å². The third-order valence-electron chi connectivity index (χ3n) is 3.66. The van der Waals surface area contributed by atoms with E-state index < -0.39 is 34.7 Å². The number of carbonyl (C=O) groups excluding carboxylic acids is 3. The van der Waals surface area contributed by atoms with Crippen molar-refractivity contribution >= 4 is 28.5 Å². The molecule has 0 unspecified atom stereocenters. The van der Waals surface area contributed by atoms with Crippen LogP contribution < -0.4 is 16.4 Å². The second kappa shape index (κ2) is 10.7. The average Bonchev–Trinajstić information content (AvgIpc) is 2.57. The average molecular weight is 381 g/mol. The summed E-state index contributed by atoms with van der Waals surface area (Å²) in [6.07, 6.45) is 0.587. The van der Waals surface area contributed by atoms with Crippen LogP contribution in [0.1, 0.15) is 33.6 Å². The van der Waals surface area contributed by atoms with Gasteiger partial charge in [0.25, 0.3) is 0 Å². The molecule has 0 spiro atoms. The molecule has 144 valence electrons. The number of benzene rings is 1. The zero-order valence-corrected chi connectivity index (χ0v) is 16.2. The summed E-state index contributed by atoms with van der Waals surface area (Å²) in [6, 6.07) is 7.18. The topological polar surface area (TPSA) is 118 Å². The van der Waals surface area contributed by atoms with Gasteiger partial charge in [-0.05, 0) is 30.9 Å². The first kappa shape index (κ1) is 21.8. The van der Waals surface area contributed by atoms with Crippen LogP contribution in [0.15, 0.2) is 35.2 Å². The molecule has 7 nitrogen and oxygen atoms in total. The van der Waals surface area contributed by atoms with Crippen LogP contribution in [0.25, 0.3) is 0 Å². The minimum absolute atomic E-state index is 0.150. The van der Waals surface area contributed by atoms with E-state index in [0.29, 0.717) is 11.3 Å². The fraction of sp³-hybridized carbons (Fsp3) is 0.500. The van der Waals surface area contributed by atoms with Crippen molar-refractivity contribution in [3.63, 3.8) is 0 Å². The zero-order chi connectivity index (χ0) is 19.7. The predicted octanol–water partition coefficient (Wildman–Crippen LogP) is 0.705. The fourth-order valence-corrected chi connectivity index (χ4v) is 3.57. The monoisotopic (exact) mass is 381 g/mol. The maximum absolute atomic E-state index is 12.4. The summed E-state index contributed by atoms with van der Waals surface area (Å²) in [4.78, 5) is 36.1. The van der Waals surface area contributed by atoms with E-state index in [0.717, 1.165) is 0 Å². The number of rotatable bonds is 10. The Morgan fingerprint density at radius 2 is 1.69 bits per heavy atom. The lowest BCUT2D eigenvalue weighted by molar-refractivity contribution is -0.131. The second-order valence-electron chi connectivity index (χ2n) is 6.50. The van der Waals surface area contributed by atoms with Crippen LogP contribution in [-0.4, -0.2) is 39.8 Å². The van der Waals surface area contributed by atoms with E-state index >= 15 is 0 Å². The molecule has 0 aromatic heterocycles. The Bertz CT molecular complexity index is 649. The molecule has 0 aliphatic carbocycles. The number of hydrogen-bond acceptors (Lipinski definition) is 4. The largest absolute Gasteiger partial charge is 0.368 e. The fourth-order valence-electron chi connectivity index (χ4n) is 2.42. The Hall–Kier alpha value is -2.22. The lowest BCUT2D eigenvalue weighted by Gasteiger charge is -2.22. The summed E-state index contributed by atoms with van der Waals surface area (Å²) in [5.41, 5.74) is 5.37. The van der Waals surface area contributed by atoms with Crippen molar-refractivity contribution in [2.45, 2.75) is 50.6 Å². The molecular weight excluding hydrogens is 354 g/mol. The minimum atomic E-state index is -1.29. The van der Waals surface area contributed by atoms with Crippen molar-refractivity contribution in [3.05, 3.63) is 30.3 Å². The normalized spacial score (nSPS) is 14.3. The Morgan fingerprint density at radius 3 is 2.19 bits per heavy atom. The number of amides is 3. The third kappa shape index (κ3) is 7.77. The molecule has 0 saturated carbocycles. The molecule has 0 aliphatic rings. The summed E-state index contributed by atoms with van der Waals surface area (Å²) >= 11 is 0. The predicted molar refractivity (Wildman–Crippen MR) is 101 cm³/mol. The van der Waals surface area contributed by atoms with Crippen molar-refractivity contribution in [3.8, 4) is 0 Å². The molecular formula is C18H27N3O4S. The Balaban J connectivity index is 2.70. The van der Waals surface area contributed by atoms with Gasteiger partial charge in [0.05, 0.1) is 10.8 Å². The van der Waals surface area contributed by atoms with Gasteiger partial charge in [-0.2, -0.15) is 0 Å². The quantitative estimate of drug-likeness (QED) is 0.553. The first-order chi connectivity index (χ1) is 12.2. The standard InChI is InChI=1S/C18H27N3O4S/c1-12(2)11-16(20-13(3)22)18(24)21-15(17(19)23)9-10-26(25)14-7-5-4-6-8-14/h4-8,12,15-16H,9-11H2,1-3H3,(H2,19,23)(H,20,22)(H,21,24)/t15-,16+,26+/m1/s1. The van der Waals surface area contributed by atoms with Crippen LogP contribution in [0.2, 0.25) is 0 Å². The number of hydrogen-bond donors (Lipinski definition) is 3. The van der Waals surface area contributed by atoms with Gasteiger partial charge < -0.3 is 16.4 Å². The maximum atomic E-state index is 12.4. The van der Waals surface area contributed by atoms with Crippen LogP contribution in [0.3, 0.4) is 0 Å². The number of nitrogens with one attached hydrogen (secondary N) is 2. The van der Waals surface area contributed by atoms with E-state index in [4.69, 9.17) is 5.73 Å². The van der Waals surface area contributed by atoms with Crippen LogP contribution in [0, 0.1) is 5.92 Å². The van der Waals surface area contributed by atoms with Crippen molar-refractivity contribution in [2.75, 3.05) is 5.75 Å². The highest BCUT2D eigenvalue weighted by molar-refractivity contribution is 7.85. The Morgan fingerprint density at radius 1 is 1.08 bits per heavy atom. The van der Waals surface area contributed by atoms with Gasteiger partial charge in [0.1, 0.15) is 12.1 Å². The molecule has 8 heteroatoms. The third-order valence-corrected chi connectivity index (χ3v) is 5.06. The summed E-state index contributed by atoms with van der Waals surface area (Å²) in [5.74, 6) is -1.13. The molecule has 0 bridgehead atoms. The molecule has 4 N–H and O–H groups in total. The highest BCUT2D eigenvalue weighted by Crippen LogP contribution is 2.09. The number of primary amides is 1. The van der Waals surface area contributed by atoms with Crippen molar-refractivity contribution in [1.29, 1.82) is 0 Å². The smallest absolute Gasteiger partial charge is 0.243 e. The summed E-state index contributed by atoms with van der Waals surface area (Å²) in [6.45, 7) is 5.18. The van der Waals surface area contributed by atoms with E-state index in [1.165, 1.54) is 6.92 Å². The first-order valence-electron chi connectivity index (χ1n) is 8.51. The maximum Gasteiger partial charge on any atom is 0.243 e. The lowest BCUT2D eigenvalue weighted by atomic mass is 10.0. The van der Waals surface area contributed by atoms with Crippen LogP contribution in [0.5, 0.6) is 0 Å². The molecule has 3 atom stereocenters. The van der Waals surface area contributed by atoms with Crippen LogP contribution in [-0.2, 0) is 25.2 Å². The highest BCUT2D eigenvalue weighted by atomic mass is 32.2. The molecule has 1 rings (SSSR count). The van der Waals surface area contributed by atoms with Crippen molar-refractivity contribution in [2.24, 2.45) is 11.7 Å². The number of carbonyl (C=O) groups is 3. The highest BCUT2D eigenvalue weighted by Gasteiger charge is 2.26. The van der Waals surface area contributed by atoms with E-state index in [2.05, 4.69) is 10.6 Å². The molecule has 3 amide bonds. The molecule has 26 heavy (non-hydrogen) atoms. The molecule has 0 radical (unpaired) electrons. The van der Waals surface area contributed by atoms with Crippen molar-refractivity contribution in [1.82, 2.24) is 10.6 Å². The SMILES string of the molecule is CC(=O)N[C@@H](CC(C)C)C(=O)N[C@H](CC[S@](=O)c1ccccc1)C(N)=O. The van der Waals surface area contributed by atoms with E-state index in [1.807, 2.05) is 19.9 Å². The molecule has 1 aromatic carbocycles. The molecule has 0 aliphatic heterocycles. The molecule has 0 saturated heterocycles. The van der Waals surface area contributed by atoms with Gasteiger partial charge in [0.15, 0.2) is 0 Å². The van der Waals surface area contributed by atoms with E-state index in [-0.39, 0.29) is 24.0 Å². The zero-order valence-electron chi connectivity index (χ0n) is 15.4. The van der Waals surface area contributed by atoms with Gasteiger partial charge in [0, 0.05) is 17.6 Å². The van der Waals surface area contributed by atoms with E-state index in [9.17, 15) is 18.6 Å². The summed E-state index contributed by atoms with van der Waals surface area (Å²) in [5, 5.41) is 5.15. The van der Waals surface area contributed by atoms with Crippen LogP contribution >= 0.6 is 0 Å².